The first kappa shape index (κ1) is 19.5. The summed E-state index contributed by atoms with van der Waals surface area (Å²) in [5.74, 6) is -0.889. The molecule has 0 saturated heterocycles. The standard InChI is InChI=1S/C21H24N4O3/c1-4-14(3)23-19(26)13-28-21(27)16-11-18(15-9-7-6-8-10-15)24-20-17(16)12-22-25(20)5-2/h6-12,14H,4-5,13H2,1-3H3,(H,23,26). The van der Waals surface area contributed by atoms with E-state index in [1.54, 1.807) is 16.9 Å². The Hall–Kier alpha value is -3.22. The van der Waals surface area contributed by atoms with Crippen molar-refractivity contribution < 1.29 is 14.3 Å². The van der Waals surface area contributed by atoms with Gasteiger partial charge >= 0.3 is 5.97 Å². The zero-order chi connectivity index (χ0) is 20.1. The maximum atomic E-state index is 12.7. The van der Waals surface area contributed by atoms with Crippen LogP contribution in [-0.2, 0) is 16.1 Å². The molecular weight excluding hydrogens is 356 g/mol. The second-order valence-electron chi connectivity index (χ2n) is 6.57. The summed E-state index contributed by atoms with van der Waals surface area (Å²) in [4.78, 5) is 29.3. The summed E-state index contributed by atoms with van der Waals surface area (Å²) in [6.07, 6.45) is 2.41. The van der Waals surface area contributed by atoms with E-state index < -0.39 is 5.97 Å². The number of pyridine rings is 1. The molecule has 0 fully saturated rings. The van der Waals surface area contributed by atoms with Crippen LogP contribution in [0, 0.1) is 0 Å². The SMILES string of the molecule is CCC(C)NC(=O)COC(=O)c1cc(-c2ccccc2)nc2c1cnn2CC. The molecule has 3 aromatic rings. The minimum atomic E-state index is -0.570. The Labute approximate surface area is 163 Å². The van der Waals surface area contributed by atoms with Gasteiger partial charge in [0.25, 0.3) is 5.91 Å². The minimum absolute atomic E-state index is 0.0336. The summed E-state index contributed by atoms with van der Waals surface area (Å²) in [6.45, 7) is 6.13. The van der Waals surface area contributed by atoms with Gasteiger partial charge in [-0.1, -0.05) is 37.3 Å². The predicted molar refractivity (Wildman–Crippen MR) is 107 cm³/mol. The average molecular weight is 380 g/mol. The van der Waals surface area contributed by atoms with Gasteiger partial charge in [0, 0.05) is 18.2 Å². The fraction of sp³-hybridized carbons (Fsp3) is 0.333. The summed E-state index contributed by atoms with van der Waals surface area (Å²) in [5, 5.41) is 7.69. The largest absolute Gasteiger partial charge is 0.452 e. The van der Waals surface area contributed by atoms with Crippen LogP contribution < -0.4 is 5.32 Å². The van der Waals surface area contributed by atoms with Crippen molar-refractivity contribution >= 4 is 22.9 Å². The number of nitrogens with zero attached hydrogens (tertiary/aromatic N) is 3. The van der Waals surface area contributed by atoms with Crippen molar-refractivity contribution in [3.63, 3.8) is 0 Å². The fourth-order valence-corrected chi connectivity index (χ4v) is 2.83. The van der Waals surface area contributed by atoms with E-state index in [0.717, 1.165) is 12.0 Å². The molecule has 2 aromatic heterocycles. The number of carbonyl (C=O) groups is 2. The summed E-state index contributed by atoms with van der Waals surface area (Å²) < 4.78 is 6.99. The molecule has 0 aliphatic carbocycles. The molecule has 1 atom stereocenters. The van der Waals surface area contributed by atoms with Crippen molar-refractivity contribution in [1.29, 1.82) is 0 Å². The van der Waals surface area contributed by atoms with Crippen molar-refractivity contribution in [2.75, 3.05) is 6.61 Å². The number of benzene rings is 1. The predicted octanol–water partition coefficient (Wildman–Crippen LogP) is 3.19. The number of fused-ring (bicyclic) bond motifs is 1. The van der Waals surface area contributed by atoms with E-state index in [9.17, 15) is 9.59 Å². The highest BCUT2D eigenvalue weighted by molar-refractivity contribution is 6.04. The molecule has 1 aromatic carbocycles. The van der Waals surface area contributed by atoms with E-state index in [-0.39, 0.29) is 18.6 Å². The molecule has 0 aliphatic rings. The van der Waals surface area contributed by atoms with E-state index in [0.29, 0.717) is 28.8 Å². The van der Waals surface area contributed by atoms with Crippen molar-refractivity contribution in [3.8, 4) is 11.3 Å². The molecule has 0 saturated carbocycles. The number of amides is 1. The number of rotatable bonds is 7. The summed E-state index contributed by atoms with van der Waals surface area (Å²) >= 11 is 0. The van der Waals surface area contributed by atoms with E-state index in [4.69, 9.17) is 4.74 Å². The first-order valence-corrected chi connectivity index (χ1v) is 9.42. The Morgan fingerprint density at radius 2 is 1.96 bits per heavy atom. The number of aromatic nitrogens is 3. The summed E-state index contributed by atoms with van der Waals surface area (Å²) in [6, 6.07) is 11.3. The van der Waals surface area contributed by atoms with Crippen LogP contribution in [0.5, 0.6) is 0 Å². The molecule has 7 heteroatoms. The third-order valence-electron chi connectivity index (χ3n) is 4.55. The van der Waals surface area contributed by atoms with Crippen LogP contribution in [0.25, 0.3) is 22.3 Å². The summed E-state index contributed by atoms with van der Waals surface area (Å²) in [5.41, 5.74) is 2.50. The normalized spacial score (nSPS) is 12.0. The van der Waals surface area contributed by atoms with Gasteiger partial charge in [-0.3, -0.25) is 4.79 Å². The quantitative estimate of drug-likeness (QED) is 0.636. The van der Waals surface area contributed by atoms with Gasteiger partial charge in [-0.2, -0.15) is 5.10 Å². The number of carbonyl (C=O) groups excluding carboxylic acids is 2. The number of hydrogen-bond acceptors (Lipinski definition) is 5. The van der Waals surface area contributed by atoms with Crippen molar-refractivity contribution in [1.82, 2.24) is 20.1 Å². The molecule has 28 heavy (non-hydrogen) atoms. The Balaban J connectivity index is 1.92. The number of aryl methyl sites for hydroxylation is 1. The van der Waals surface area contributed by atoms with Crippen LogP contribution in [-0.4, -0.2) is 39.3 Å². The monoisotopic (exact) mass is 380 g/mol. The molecule has 1 amide bonds. The van der Waals surface area contributed by atoms with Gasteiger partial charge in [-0.05, 0) is 26.3 Å². The van der Waals surface area contributed by atoms with E-state index in [1.165, 1.54) is 0 Å². The average Bonchev–Trinajstić information content (AvgIpc) is 3.14. The molecule has 0 radical (unpaired) electrons. The molecule has 1 N–H and O–H groups in total. The zero-order valence-corrected chi connectivity index (χ0v) is 16.3. The van der Waals surface area contributed by atoms with Crippen LogP contribution >= 0.6 is 0 Å². The number of nitrogens with one attached hydrogen (secondary N) is 1. The fourth-order valence-electron chi connectivity index (χ4n) is 2.83. The zero-order valence-electron chi connectivity index (χ0n) is 16.3. The first-order chi connectivity index (χ1) is 13.5. The molecule has 1 unspecified atom stereocenters. The van der Waals surface area contributed by atoms with Crippen molar-refractivity contribution in [2.24, 2.45) is 0 Å². The highest BCUT2D eigenvalue weighted by atomic mass is 16.5. The third kappa shape index (κ3) is 4.19. The van der Waals surface area contributed by atoms with Crippen LogP contribution in [0.3, 0.4) is 0 Å². The van der Waals surface area contributed by atoms with E-state index >= 15 is 0 Å². The van der Waals surface area contributed by atoms with Crippen molar-refractivity contribution in [3.05, 3.63) is 48.2 Å². The van der Waals surface area contributed by atoms with Crippen LogP contribution in [0.4, 0.5) is 0 Å². The number of hydrogen-bond donors (Lipinski definition) is 1. The smallest absolute Gasteiger partial charge is 0.339 e. The maximum absolute atomic E-state index is 12.7. The van der Waals surface area contributed by atoms with Gasteiger partial charge in [0.05, 0.1) is 22.8 Å². The molecule has 0 aliphatic heterocycles. The lowest BCUT2D eigenvalue weighted by Crippen LogP contribution is -2.35. The van der Waals surface area contributed by atoms with Crippen LogP contribution in [0.2, 0.25) is 0 Å². The molecule has 3 rings (SSSR count). The highest BCUT2D eigenvalue weighted by Gasteiger charge is 2.19. The van der Waals surface area contributed by atoms with Gasteiger partial charge in [-0.25, -0.2) is 14.5 Å². The van der Waals surface area contributed by atoms with Crippen molar-refractivity contribution in [2.45, 2.75) is 39.8 Å². The van der Waals surface area contributed by atoms with Gasteiger partial charge in [0.1, 0.15) is 0 Å². The molecule has 7 nitrogen and oxygen atoms in total. The number of esters is 1. The van der Waals surface area contributed by atoms with Crippen LogP contribution in [0.1, 0.15) is 37.6 Å². The Morgan fingerprint density at radius 3 is 2.64 bits per heavy atom. The van der Waals surface area contributed by atoms with Gasteiger partial charge < -0.3 is 10.1 Å². The van der Waals surface area contributed by atoms with E-state index in [2.05, 4.69) is 15.4 Å². The van der Waals surface area contributed by atoms with E-state index in [1.807, 2.05) is 51.1 Å². The summed E-state index contributed by atoms with van der Waals surface area (Å²) in [7, 11) is 0. The molecule has 0 bridgehead atoms. The Morgan fingerprint density at radius 1 is 1.21 bits per heavy atom. The van der Waals surface area contributed by atoms with Gasteiger partial charge in [-0.15, -0.1) is 0 Å². The molecule has 0 spiro atoms. The second-order valence-corrected chi connectivity index (χ2v) is 6.57. The lowest BCUT2D eigenvalue weighted by Gasteiger charge is -2.12. The van der Waals surface area contributed by atoms with Gasteiger partial charge in [0.2, 0.25) is 0 Å². The van der Waals surface area contributed by atoms with Gasteiger partial charge in [0.15, 0.2) is 12.3 Å². The highest BCUT2D eigenvalue weighted by Crippen LogP contribution is 2.25. The molecule has 146 valence electrons. The Kier molecular flexibility index (Phi) is 6.03. The van der Waals surface area contributed by atoms with Crippen LogP contribution in [0.15, 0.2) is 42.6 Å². The number of ether oxygens (including phenoxy) is 1. The Bertz CT molecular complexity index is 982. The molecule has 2 heterocycles. The maximum Gasteiger partial charge on any atom is 0.339 e. The lowest BCUT2D eigenvalue weighted by atomic mass is 10.1. The molecular formula is C21H24N4O3. The third-order valence-corrected chi connectivity index (χ3v) is 4.55. The second kappa shape index (κ2) is 8.65. The first-order valence-electron chi connectivity index (χ1n) is 9.42. The lowest BCUT2D eigenvalue weighted by molar-refractivity contribution is -0.124. The topological polar surface area (TPSA) is 86.1 Å². The minimum Gasteiger partial charge on any atom is -0.452 e.